The van der Waals surface area contributed by atoms with Gasteiger partial charge in [-0.2, -0.15) is 0 Å². The molecule has 0 N–H and O–H groups in total. The highest BCUT2D eigenvalue weighted by molar-refractivity contribution is 5.66. The maximum absolute atomic E-state index is 4.80. The zero-order chi connectivity index (χ0) is 24.2. The van der Waals surface area contributed by atoms with Gasteiger partial charge in [-0.25, -0.2) is 24.9 Å². The van der Waals surface area contributed by atoms with Crippen LogP contribution in [0.2, 0.25) is 0 Å². The van der Waals surface area contributed by atoms with Crippen LogP contribution in [0.4, 0.5) is 0 Å². The third-order valence-corrected chi connectivity index (χ3v) is 5.48. The minimum atomic E-state index is 0.460. The van der Waals surface area contributed by atoms with Crippen LogP contribution < -0.4 is 0 Å². The summed E-state index contributed by atoms with van der Waals surface area (Å²) in [5, 5.41) is 0. The predicted octanol–water partition coefficient (Wildman–Crippen LogP) is 5.79. The monoisotopic (exact) mass is 465 g/mol. The summed E-state index contributed by atoms with van der Waals surface area (Å²) in [6, 6.07) is 32.8. The molecular weight excluding hydrogens is 446 g/mol. The van der Waals surface area contributed by atoms with E-state index in [2.05, 4.69) is 9.97 Å². The Morgan fingerprint density at radius 3 is 1.25 bits per heavy atom. The first-order valence-electron chi connectivity index (χ1n) is 11.4. The van der Waals surface area contributed by atoms with Crippen molar-refractivity contribution in [2.45, 2.75) is 0 Å². The summed E-state index contributed by atoms with van der Waals surface area (Å²) in [5.41, 5.74) is 5.17. The molecule has 7 heteroatoms. The van der Waals surface area contributed by atoms with Gasteiger partial charge in [0.15, 0.2) is 17.5 Å². The first kappa shape index (κ1) is 21.4. The normalized spacial score (nSPS) is 10.8. The van der Waals surface area contributed by atoms with E-state index in [1.165, 1.54) is 0 Å². The van der Waals surface area contributed by atoms with Crippen LogP contribution in [0.25, 0.3) is 57.2 Å². The standard InChI is InChI=1S/C29H19N7/c1-2-10-20(11-3-1)27-34-28(25-16-8-14-23(32-25)21-12-4-6-18-30-21)36-29(35-27)26-17-9-15-24(33-26)22-13-5-7-19-31-22/h1-19H. The third kappa shape index (κ3) is 4.45. The van der Waals surface area contributed by atoms with Crippen LogP contribution in [0.3, 0.4) is 0 Å². The third-order valence-electron chi connectivity index (χ3n) is 5.48. The molecule has 0 aliphatic rings. The molecular formula is C29H19N7. The summed E-state index contributed by atoms with van der Waals surface area (Å²) in [7, 11) is 0. The van der Waals surface area contributed by atoms with Gasteiger partial charge in [0.25, 0.3) is 0 Å². The highest BCUT2D eigenvalue weighted by Crippen LogP contribution is 2.25. The topological polar surface area (TPSA) is 90.2 Å². The van der Waals surface area contributed by atoms with E-state index in [1.807, 2.05) is 103 Å². The molecule has 0 saturated carbocycles. The molecule has 6 aromatic rings. The van der Waals surface area contributed by atoms with Gasteiger partial charge in [-0.15, -0.1) is 0 Å². The van der Waals surface area contributed by atoms with Crippen LogP contribution in [0, 0.1) is 0 Å². The van der Waals surface area contributed by atoms with Crippen molar-refractivity contribution in [3.63, 3.8) is 0 Å². The molecule has 0 unspecified atom stereocenters. The molecule has 6 rings (SSSR count). The first-order chi connectivity index (χ1) is 17.8. The largest absolute Gasteiger partial charge is 0.255 e. The number of hydrogen-bond donors (Lipinski definition) is 0. The lowest BCUT2D eigenvalue weighted by molar-refractivity contribution is 1.04. The second-order valence-corrected chi connectivity index (χ2v) is 7.92. The smallest absolute Gasteiger partial charge is 0.182 e. The Kier molecular flexibility index (Phi) is 5.70. The van der Waals surface area contributed by atoms with Crippen molar-refractivity contribution >= 4 is 0 Å². The zero-order valence-electron chi connectivity index (χ0n) is 19.1. The maximum atomic E-state index is 4.80. The van der Waals surface area contributed by atoms with Gasteiger partial charge < -0.3 is 0 Å². The van der Waals surface area contributed by atoms with Crippen LogP contribution in [-0.4, -0.2) is 34.9 Å². The van der Waals surface area contributed by atoms with Gasteiger partial charge in [0.2, 0.25) is 0 Å². The number of hydrogen-bond acceptors (Lipinski definition) is 7. The lowest BCUT2D eigenvalue weighted by Crippen LogP contribution is -2.03. The highest BCUT2D eigenvalue weighted by atomic mass is 15.1. The molecule has 0 radical (unpaired) electrons. The van der Waals surface area contributed by atoms with E-state index in [0.29, 0.717) is 28.9 Å². The van der Waals surface area contributed by atoms with E-state index >= 15 is 0 Å². The number of aromatic nitrogens is 7. The van der Waals surface area contributed by atoms with E-state index in [1.54, 1.807) is 12.4 Å². The van der Waals surface area contributed by atoms with Crippen LogP contribution in [0.1, 0.15) is 0 Å². The Hall–Kier alpha value is -5.17. The summed E-state index contributed by atoms with van der Waals surface area (Å²) < 4.78 is 0. The van der Waals surface area contributed by atoms with E-state index in [0.717, 1.165) is 28.3 Å². The fourth-order valence-electron chi connectivity index (χ4n) is 3.75. The molecule has 0 saturated heterocycles. The Bertz CT molecular complexity index is 1520. The Morgan fingerprint density at radius 1 is 0.306 bits per heavy atom. The van der Waals surface area contributed by atoms with Crippen molar-refractivity contribution < 1.29 is 0 Å². The number of rotatable bonds is 5. The molecule has 36 heavy (non-hydrogen) atoms. The van der Waals surface area contributed by atoms with Crippen LogP contribution >= 0.6 is 0 Å². The van der Waals surface area contributed by atoms with Gasteiger partial charge in [-0.1, -0.05) is 54.6 Å². The Morgan fingerprint density at radius 2 is 0.750 bits per heavy atom. The quantitative estimate of drug-likeness (QED) is 0.318. The molecule has 5 heterocycles. The van der Waals surface area contributed by atoms with Gasteiger partial charge >= 0.3 is 0 Å². The molecule has 7 nitrogen and oxygen atoms in total. The molecule has 0 fully saturated rings. The molecule has 5 aromatic heterocycles. The van der Waals surface area contributed by atoms with Gasteiger partial charge in [-0.05, 0) is 48.5 Å². The van der Waals surface area contributed by atoms with Crippen molar-refractivity contribution in [2.75, 3.05) is 0 Å². The number of nitrogens with zero attached hydrogens (tertiary/aromatic N) is 7. The van der Waals surface area contributed by atoms with E-state index in [4.69, 9.17) is 24.9 Å². The molecule has 170 valence electrons. The summed E-state index contributed by atoms with van der Waals surface area (Å²) >= 11 is 0. The number of benzene rings is 1. The van der Waals surface area contributed by atoms with Crippen LogP contribution in [0.5, 0.6) is 0 Å². The summed E-state index contributed by atoms with van der Waals surface area (Å²) in [6.07, 6.45) is 3.50. The van der Waals surface area contributed by atoms with E-state index in [-0.39, 0.29) is 0 Å². The second-order valence-electron chi connectivity index (χ2n) is 7.92. The summed E-state index contributed by atoms with van der Waals surface area (Å²) in [4.78, 5) is 32.8. The van der Waals surface area contributed by atoms with Crippen LogP contribution in [-0.2, 0) is 0 Å². The fourth-order valence-corrected chi connectivity index (χ4v) is 3.75. The van der Waals surface area contributed by atoms with Crippen molar-refractivity contribution in [3.8, 4) is 57.2 Å². The summed E-state index contributed by atoms with van der Waals surface area (Å²) in [5.74, 6) is 1.47. The first-order valence-corrected chi connectivity index (χ1v) is 11.4. The molecule has 1 aromatic carbocycles. The lowest BCUT2D eigenvalue weighted by atomic mass is 10.2. The van der Waals surface area contributed by atoms with Gasteiger partial charge in [0, 0.05) is 18.0 Å². The second kappa shape index (κ2) is 9.60. The van der Waals surface area contributed by atoms with Crippen molar-refractivity contribution in [1.29, 1.82) is 0 Å². The van der Waals surface area contributed by atoms with Crippen molar-refractivity contribution in [1.82, 2.24) is 34.9 Å². The highest BCUT2D eigenvalue weighted by Gasteiger charge is 2.15. The number of pyridine rings is 4. The fraction of sp³-hybridized carbons (Fsp3) is 0. The van der Waals surface area contributed by atoms with Crippen LogP contribution in [0.15, 0.2) is 116 Å². The predicted molar refractivity (Wildman–Crippen MR) is 138 cm³/mol. The van der Waals surface area contributed by atoms with Gasteiger partial charge in [0.05, 0.1) is 22.8 Å². The zero-order valence-corrected chi connectivity index (χ0v) is 19.1. The average Bonchev–Trinajstić information content (AvgIpc) is 2.98. The Balaban J connectivity index is 1.50. The minimum Gasteiger partial charge on any atom is -0.255 e. The van der Waals surface area contributed by atoms with Gasteiger partial charge in [-0.3, -0.25) is 9.97 Å². The van der Waals surface area contributed by atoms with Crippen molar-refractivity contribution in [3.05, 3.63) is 116 Å². The minimum absolute atomic E-state index is 0.460. The Labute approximate surface area is 207 Å². The molecule has 0 spiro atoms. The molecule has 0 atom stereocenters. The lowest BCUT2D eigenvalue weighted by Gasteiger charge is -2.09. The molecule has 0 aliphatic heterocycles. The van der Waals surface area contributed by atoms with Crippen molar-refractivity contribution in [2.24, 2.45) is 0 Å². The van der Waals surface area contributed by atoms with E-state index in [9.17, 15) is 0 Å². The summed E-state index contributed by atoms with van der Waals surface area (Å²) in [6.45, 7) is 0. The van der Waals surface area contributed by atoms with Gasteiger partial charge in [0.1, 0.15) is 11.4 Å². The maximum Gasteiger partial charge on any atom is 0.182 e. The molecule has 0 amide bonds. The molecule has 0 bridgehead atoms. The average molecular weight is 466 g/mol. The molecule has 0 aliphatic carbocycles. The van der Waals surface area contributed by atoms with E-state index < -0.39 is 0 Å². The SMILES string of the molecule is c1ccc(-c2nc(-c3cccc(-c4ccccn4)n3)nc(-c3cccc(-c4ccccn4)n3)n2)cc1.